The third kappa shape index (κ3) is 6.78. The lowest BCUT2D eigenvalue weighted by Gasteiger charge is -2.10. The maximum Gasteiger partial charge on any atom is 0.446 e. The Kier molecular flexibility index (Phi) is 7.54. The van der Waals surface area contributed by atoms with E-state index in [1.165, 1.54) is 13.0 Å². The number of nitrogens with zero attached hydrogens (tertiary/aromatic N) is 3. The molecule has 0 saturated carbocycles. The average molecular weight is 543 g/mol. The number of aromatic nitrogens is 2. The minimum Gasteiger partial charge on any atom is -0.478 e. The fourth-order valence-electron chi connectivity index (χ4n) is 2.69. The molecule has 0 bridgehead atoms. The van der Waals surface area contributed by atoms with Crippen LogP contribution in [0.25, 0.3) is 22.7 Å². The summed E-state index contributed by atoms with van der Waals surface area (Å²) in [6.07, 6.45) is -3.62. The largest absolute Gasteiger partial charge is 0.478 e. The number of methoxy groups -OCH3 is 1. The van der Waals surface area contributed by atoms with Gasteiger partial charge in [0.2, 0.25) is 12.5 Å². The van der Waals surface area contributed by atoms with Gasteiger partial charge in [-0.15, -0.1) is 0 Å². The Balaban J connectivity index is 2.07. The normalized spacial score (nSPS) is 13.3. The van der Waals surface area contributed by atoms with Gasteiger partial charge in [0.25, 0.3) is 5.90 Å². The molecule has 0 saturated heterocycles. The second-order valence-electron chi connectivity index (χ2n) is 6.66. The van der Waals surface area contributed by atoms with Crippen LogP contribution in [0.15, 0.2) is 49.8 Å². The SMILES string of the molecule is CCS(=O)(=O)c1cc(/C(=N/OCC(F)(F)F)OC)cnc1-c1nc2cc(SC(F)(F)F)ccc2o1. The molecule has 0 aliphatic carbocycles. The number of benzene rings is 1. The van der Waals surface area contributed by atoms with E-state index in [1.54, 1.807) is 0 Å². The number of sulfone groups is 1. The summed E-state index contributed by atoms with van der Waals surface area (Å²) in [5.74, 6) is -1.16. The molecule has 0 fully saturated rings. The van der Waals surface area contributed by atoms with E-state index in [0.29, 0.717) is 0 Å². The van der Waals surface area contributed by atoms with Crippen molar-refractivity contribution in [2.24, 2.45) is 5.16 Å². The van der Waals surface area contributed by atoms with E-state index in [4.69, 9.17) is 9.15 Å². The number of rotatable bonds is 7. The van der Waals surface area contributed by atoms with E-state index >= 15 is 0 Å². The quantitative estimate of drug-likeness (QED) is 0.132. The van der Waals surface area contributed by atoms with Crippen molar-refractivity contribution in [3.8, 4) is 11.6 Å². The monoisotopic (exact) mass is 543 g/mol. The second-order valence-corrected chi connectivity index (χ2v) is 10.0. The van der Waals surface area contributed by atoms with E-state index in [1.807, 2.05) is 0 Å². The Bertz CT molecular complexity index is 1350. The Morgan fingerprint density at radius 3 is 2.49 bits per heavy atom. The summed E-state index contributed by atoms with van der Waals surface area (Å²) >= 11 is -0.355. The fourth-order valence-corrected chi connectivity index (χ4v) is 4.32. The number of halogens is 6. The molecule has 3 rings (SSSR count). The zero-order valence-corrected chi connectivity index (χ0v) is 19.4. The van der Waals surface area contributed by atoms with Crippen molar-refractivity contribution in [2.45, 2.75) is 28.4 Å². The number of pyridine rings is 1. The maximum atomic E-state index is 12.7. The lowest BCUT2D eigenvalue weighted by molar-refractivity contribution is -0.174. The highest BCUT2D eigenvalue weighted by Gasteiger charge is 2.30. The molecule has 0 unspecified atom stereocenters. The number of thioether (sulfide) groups is 1. The summed E-state index contributed by atoms with van der Waals surface area (Å²) in [4.78, 5) is 11.7. The van der Waals surface area contributed by atoms with Gasteiger partial charge in [0.15, 0.2) is 15.4 Å². The number of fused-ring (bicyclic) bond motifs is 1. The van der Waals surface area contributed by atoms with Crippen molar-refractivity contribution >= 4 is 38.6 Å². The molecule has 0 aliphatic rings. The molecule has 16 heteroatoms. The molecule has 190 valence electrons. The molecule has 1 aromatic carbocycles. The lowest BCUT2D eigenvalue weighted by Crippen LogP contribution is -2.16. The smallest absolute Gasteiger partial charge is 0.446 e. The van der Waals surface area contributed by atoms with E-state index in [0.717, 1.165) is 31.5 Å². The van der Waals surface area contributed by atoms with Crippen LogP contribution in [0, 0.1) is 0 Å². The van der Waals surface area contributed by atoms with Gasteiger partial charge in [-0.3, -0.25) is 0 Å². The second kappa shape index (κ2) is 9.93. The first-order valence-electron chi connectivity index (χ1n) is 9.43. The van der Waals surface area contributed by atoms with Crippen molar-refractivity contribution in [3.63, 3.8) is 0 Å². The minimum atomic E-state index is -4.66. The molecule has 0 amide bonds. The third-order valence-corrected chi connectivity index (χ3v) is 6.64. The van der Waals surface area contributed by atoms with Gasteiger partial charge in [-0.25, -0.2) is 18.4 Å². The van der Waals surface area contributed by atoms with Crippen LogP contribution in [-0.2, 0) is 19.4 Å². The number of oxime groups is 1. The number of oxazole rings is 1. The number of hydrogen-bond donors (Lipinski definition) is 0. The first-order chi connectivity index (χ1) is 16.2. The molecule has 0 aliphatic heterocycles. The molecule has 0 N–H and O–H groups in total. The van der Waals surface area contributed by atoms with Crippen LogP contribution in [0.3, 0.4) is 0 Å². The molecular weight excluding hydrogens is 528 g/mol. The van der Waals surface area contributed by atoms with Crippen molar-refractivity contribution < 1.29 is 48.8 Å². The predicted octanol–water partition coefficient (Wildman–Crippen LogP) is 5.18. The van der Waals surface area contributed by atoms with E-state index in [2.05, 4.69) is 20.0 Å². The van der Waals surface area contributed by atoms with Gasteiger partial charge in [0, 0.05) is 11.1 Å². The van der Waals surface area contributed by atoms with Gasteiger partial charge < -0.3 is 14.0 Å². The molecule has 8 nitrogen and oxygen atoms in total. The topological polar surface area (TPSA) is 104 Å². The summed E-state index contributed by atoms with van der Waals surface area (Å²) < 4.78 is 111. The lowest BCUT2D eigenvalue weighted by atomic mass is 10.2. The van der Waals surface area contributed by atoms with Crippen LogP contribution in [0.5, 0.6) is 0 Å². The summed E-state index contributed by atoms with van der Waals surface area (Å²) in [7, 11) is -2.92. The van der Waals surface area contributed by atoms with Gasteiger partial charge in [-0.1, -0.05) is 6.92 Å². The standard InChI is InChI=1S/C19H15F6N3O5S2/c1-3-35(29,30)14-6-10(16(31-2)28-32-9-18(20,21)22)8-26-15(14)17-27-12-7-11(34-19(23,24)25)4-5-13(12)33-17/h4-8H,3,9H2,1-2H3/b28-16-. The van der Waals surface area contributed by atoms with Crippen molar-refractivity contribution in [2.75, 3.05) is 19.5 Å². The number of alkyl halides is 6. The molecule has 0 radical (unpaired) electrons. The third-order valence-electron chi connectivity index (χ3n) is 4.18. The van der Waals surface area contributed by atoms with Crippen LogP contribution in [0.4, 0.5) is 26.3 Å². The zero-order valence-electron chi connectivity index (χ0n) is 17.8. The average Bonchev–Trinajstić information content (AvgIpc) is 3.17. The summed E-state index contributed by atoms with van der Waals surface area (Å²) in [6, 6.07) is 4.57. The predicted molar refractivity (Wildman–Crippen MR) is 112 cm³/mol. The van der Waals surface area contributed by atoms with Crippen molar-refractivity contribution in [1.29, 1.82) is 0 Å². The van der Waals surface area contributed by atoms with Gasteiger partial charge in [-0.2, -0.15) is 26.3 Å². The molecule has 2 aromatic heterocycles. The Morgan fingerprint density at radius 1 is 1.17 bits per heavy atom. The Morgan fingerprint density at radius 2 is 1.89 bits per heavy atom. The van der Waals surface area contributed by atoms with Crippen LogP contribution >= 0.6 is 11.8 Å². The van der Waals surface area contributed by atoms with Gasteiger partial charge in [-0.05, 0) is 41.2 Å². The highest BCUT2D eigenvalue weighted by atomic mass is 32.2. The van der Waals surface area contributed by atoms with E-state index < -0.39 is 38.9 Å². The first kappa shape index (κ1) is 26.6. The van der Waals surface area contributed by atoms with Gasteiger partial charge in [0.05, 0.1) is 23.3 Å². The molecule has 0 atom stereocenters. The van der Waals surface area contributed by atoms with Crippen LogP contribution in [-0.4, -0.2) is 55.4 Å². The van der Waals surface area contributed by atoms with Crippen molar-refractivity contribution in [3.05, 3.63) is 36.0 Å². The van der Waals surface area contributed by atoms with Crippen molar-refractivity contribution in [1.82, 2.24) is 9.97 Å². The summed E-state index contributed by atoms with van der Waals surface area (Å²) in [5, 5.41) is 3.23. The van der Waals surface area contributed by atoms with E-state index in [-0.39, 0.29) is 50.7 Å². The number of hydrogen-bond acceptors (Lipinski definition) is 9. The molecular formula is C19H15F6N3O5S2. The Hall–Kier alpha value is -3.01. The van der Waals surface area contributed by atoms with E-state index in [9.17, 15) is 34.8 Å². The van der Waals surface area contributed by atoms with Gasteiger partial charge >= 0.3 is 11.7 Å². The Labute approximate surface area is 198 Å². The zero-order chi connectivity index (χ0) is 26.0. The number of ether oxygens (including phenoxy) is 1. The fraction of sp³-hybridized carbons (Fsp3) is 0.316. The summed E-state index contributed by atoms with van der Waals surface area (Å²) in [5.41, 5.74) is -4.80. The minimum absolute atomic E-state index is 0.0275. The summed E-state index contributed by atoms with van der Waals surface area (Å²) in [6.45, 7) is -0.362. The highest BCUT2D eigenvalue weighted by molar-refractivity contribution is 8.00. The van der Waals surface area contributed by atoms with Crippen LogP contribution in [0.2, 0.25) is 0 Å². The highest BCUT2D eigenvalue weighted by Crippen LogP contribution is 2.38. The molecule has 3 aromatic rings. The van der Waals surface area contributed by atoms with Crippen LogP contribution < -0.4 is 0 Å². The van der Waals surface area contributed by atoms with Gasteiger partial charge in [0.1, 0.15) is 11.2 Å². The first-order valence-corrected chi connectivity index (χ1v) is 11.9. The maximum absolute atomic E-state index is 12.7. The molecule has 35 heavy (non-hydrogen) atoms. The molecule has 2 heterocycles. The van der Waals surface area contributed by atoms with Crippen LogP contribution in [0.1, 0.15) is 12.5 Å². The molecule has 0 spiro atoms.